The van der Waals surface area contributed by atoms with Crippen LogP contribution in [0.3, 0.4) is 0 Å². The van der Waals surface area contributed by atoms with Crippen molar-refractivity contribution in [3.63, 3.8) is 0 Å². The maximum atomic E-state index is 12.9. The van der Waals surface area contributed by atoms with Gasteiger partial charge in [-0.05, 0) is 37.0 Å². The number of nitrogens with zero attached hydrogens (tertiary/aromatic N) is 1. The van der Waals surface area contributed by atoms with Gasteiger partial charge in [0, 0.05) is 13.0 Å². The molecule has 1 aliphatic rings. The van der Waals surface area contributed by atoms with E-state index in [4.69, 9.17) is 9.15 Å². The van der Waals surface area contributed by atoms with Crippen molar-refractivity contribution in [3.05, 3.63) is 69.3 Å². The molecular weight excluding hydrogens is 330 g/mol. The van der Waals surface area contributed by atoms with Crippen LogP contribution in [0.2, 0.25) is 0 Å². The van der Waals surface area contributed by atoms with Gasteiger partial charge in [0.15, 0.2) is 0 Å². The molecule has 1 aliphatic heterocycles. The normalized spacial score (nSPS) is 17.3. The second kappa shape index (κ2) is 8.32. The van der Waals surface area contributed by atoms with Crippen molar-refractivity contribution in [2.24, 2.45) is 0 Å². The minimum absolute atomic E-state index is 0.00723. The molecule has 2 heterocycles. The molecule has 1 aromatic heterocycles. The molecule has 0 bridgehead atoms. The van der Waals surface area contributed by atoms with E-state index < -0.39 is 5.63 Å². The van der Waals surface area contributed by atoms with E-state index in [0.29, 0.717) is 37.5 Å². The molecule has 2 aromatic rings. The first kappa shape index (κ1) is 18.4. The highest BCUT2D eigenvalue weighted by atomic mass is 16.5. The number of amides is 1. The van der Waals surface area contributed by atoms with E-state index in [1.807, 2.05) is 43.3 Å². The molecular formula is C21H25NO4. The quantitative estimate of drug-likeness (QED) is 0.827. The molecule has 0 aliphatic carbocycles. The number of aryl methyl sites for hydroxylation is 3. The summed E-state index contributed by atoms with van der Waals surface area (Å²) in [6, 6.07) is 11.9. The topological polar surface area (TPSA) is 59.8 Å². The molecule has 138 valence electrons. The van der Waals surface area contributed by atoms with Crippen LogP contribution < -0.4 is 5.63 Å². The van der Waals surface area contributed by atoms with E-state index >= 15 is 0 Å². The van der Waals surface area contributed by atoms with E-state index in [1.54, 1.807) is 11.8 Å². The Hall–Kier alpha value is -2.40. The third-order valence-electron chi connectivity index (χ3n) is 4.88. The van der Waals surface area contributed by atoms with Gasteiger partial charge in [0.1, 0.15) is 11.3 Å². The highest BCUT2D eigenvalue weighted by Crippen LogP contribution is 2.17. The van der Waals surface area contributed by atoms with Gasteiger partial charge in [0.25, 0.3) is 5.91 Å². The summed E-state index contributed by atoms with van der Waals surface area (Å²) in [5.74, 6) is 0.364. The molecule has 0 unspecified atom stereocenters. The summed E-state index contributed by atoms with van der Waals surface area (Å²) >= 11 is 0. The lowest BCUT2D eigenvalue weighted by Gasteiger charge is -2.35. The average molecular weight is 355 g/mol. The second-order valence-electron chi connectivity index (χ2n) is 6.68. The zero-order valence-electron chi connectivity index (χ0n) is 15.4. The molecule has 1 amide bonds. The number of ether oxygens (including phenoxy) is 1. The largest absolute Gasteiger partial charge is 0.427 e. The van der Waals surface area contributed by atoms with Crippen molar-refractivity contribution in [3.8, 4) is 0 Å². The number of rotatable bonds is 5. The van der Waals surface area contributed by atoms with Crippen LogP contribution in [-0.4, -0.2) is 36.6 Å². The molecule has 5 nitrogen and oxygen atoms in total. The fraction of sp³-hybridized carbons (Fsp3) is 0.429. The maximum absolute atomic E-state index is 12.9. The maximum Gasteiger partial charge on any atom is 0.349 e. The zero-order valence-corrected chi connectivity index (χ0v) is 15.4. The Morgan fingerprint density at radius 1 is 1.23 bits per heavy atom. The summed E-state index contributed by atoms with van der Waals surface area (Å²) in [6.07, 6.45) is 2.22. The minimum atomic E-state index is -0.542. The summed E-state index contributed by atoms with van der Waals surface area (Å²) in [5, 5.41) is 0. The second-order valence-corrected chi connectivity index (χ2v) is 6.68. The summed E-state index contributed by atoms with van der Waals surface area (Å²) in [4.78, 5) is 27.2. The molecule has 1 aromatic carbocycles. The van der Waals surface area contributed by atoms with Crippen LogP contribution in [0.1, 0.15) is 40.6 Å². The minimum Gasteiger partial charge on any atom is -0.427 e. The predicted molar refractivity (Wildman–Crippen MR) is 99.5 cm³/mol. The van der Waals surface area contributed by atoms with Crippen molar-refractivity contribution >= 4 is 5.91 Å². The lowest BCUT2D eigenvalue weighted by molar-refractivity contribution is -0.00308. The Balaban J connectivity index is 1.78. The number of hydrogen-bond acceptors (Lipinski definition) is 4. The molecule has 0 radical (unpaired) electrons. The molecule has 0 N–H and O–H groups in total. The van der Waals surface area contributed by atoms with E-state index in [-0.39, 0.29) is 17.5 Å². The van der Waals surface area contributed by atoms with Crippen molar-refractivity contribution in [2.45, 2.75) is 39.2 Å². The molecule has 1 fully saturated rings. The first-order chi connectivity index (χ1) is 12.6. The van der Waals surface area contributed by atoms with Gasteiger partial charge in [-0.1, -0.05) is 37.3 Å². The zero-order chi connectivity index (χ0) is 18.5. The summed E-state index contributed by atoms with van der Waals surface area (Å²) in [6.45, 7) is 5.34. The number of morpholine rings is 1. The lowest BCUT2D eigenvalue weighted by atomic mass is 10.0. The molecule has 0 saturated carbocycles. The van der Waals surface area contributed by atoms with Crippen LogP contribution in [0.5, 0.6) is 0 Å². The molecule has 3 rings (SSSR count). The Labute approximate surface area is 153 Å². The van der Waals surface area contributed by atoms with E-state index in [0.717, 1.165) is 12.8 Å². The average Bonchev–Trinajstić information content (AvgIpc) is 2.66. The highest BCUT2D eigenvalue weighted by molar-refractivity contribution is 5.95. The van der Waals surface area contributed by atoms with E-state index in [1.165, 1.54) is 5.56 Å². The first-order valence-electron chi connectivity index (χ1n) is 9.16. The molecule has 5 heteroatoms. The predicted octanol–water partition coefficient (Wildman–Crippen LogP) is 2.98. The smallest absolute Gasteiger partial charge is 0.349 e. The van der Waals surface area contributed by atoms with E-state index in [9.17, 15) is 9.59 Å². The van der Waals surface area contributed by atoms with Gasteiger partial charge >= 0.3 is 5.63 Å². The SMILES string of the molecule is CC[C@H]1COCCN1C(=O)c1c(C)cc(CCc2ccccc2)oc1=O. The summed E-state index contributed by atoms with van der Waals surface area (Å²) in [7, 11) is 0. The lowest BCUT2D eigenvalue weighted by Crippen LogP contribution is -2.49. The fourth-order valence-electron chi connectivity index (χ4n) is 3.37. The summed E-state index contributed by atoms with van der Waals surface area (Å²) < 4.78 is 10.9. The van der Waals surface area contributed by atoms with Gasteiger partial charge in [-0.15, -0.1) is 0 Å². The van der Waals surface area contributed by atoms with Crippen molar-refractivity contribution < 1.29 is 13.9 Å². The molecule has 1 atom stereocenters. The van der Waals surface area contributed by atoms with Gasteiger partial charge in [-0.3, -0.25) is 4.79 Å². The number of benzene rings is 1. The van der Waals surface area contributed by atoms with Crippen LogP contribution in [0, 0.1) is 6.92 Å². The van der Waals surface area contributed by atoms with E-state index in [2.05, 4.69) is 0 Å². The third kappa shape index (κ3) is 4.05. The number of carbonyl (C=O) groups is 1. The first-order valence-corrected chi connectivity index (χ1v) is 9.16. The highest BCUT2D eigenvalue weighted by Gasteiger charge is 2.30. The summed E-state index contributed by atoms with van der Waals surface area (Å²) in [5.41, 5.74) is 1.47. The molecule has 1 saturated heterocycles. The van der Waals surface area contributed by atoms with Crippen LogP contribution in [-0.2, 0) is 17.6 Å². The number of carbonyl (C=O) groups excluding carboxylic acids is 1. The van der Waals surface area contributed by atoms with Gasteiger partial charge in [0.05, 0.1) is 19.3 Å². The van der Waals surface area contributed by atoms with Gasteiger partial charge in [0.2, 0.25) is 0 Å². The van der Waals surface area contributed by atoms with Crippen LogP contribution in [0.4, 0.5) is 0 Å². The Bertz CT molecular complexity index is 813. The van der Waals surface area contributed by atoms with Crippen molar-refractivity contribution in [1.29, 1.82) is 0 Å². The number of hydrogen-bond donors (Lipinski definition) is 0. The van der Waals surface area contributed by atoms with Crippen LogP contribution in [0.15, 0.2) is 45.6 Å². The van der Waals surface area contributed by atoms with Gasteiger partial charge in [-0.25, -0.2) is 4.79 Å². The van der Waals surface area contributed by atoms with Crippen molar-refractivity contribution in [2.75, 3.05) is 19.8 Å². The van der Waals surface area contributed by atoms with Crippen molar-refractivity contribution in [1.82, 2.24) is 4.90 Å². The van der Waals surface area contributed by atoms with Gasteiger partial charge in [-0.2, -0.15) is 0 Å². The third-order valence-corrected chi connectivity index (χ3v) is 4.88. The molecule has 26 heavy (non-hydrogen) atoms. The fourth-order valence-corrected chi connectivity index (χ4v) is 3.37. The monoisotopic (exact) mass is 355 g/mol. The van der Waals surface area contributed by atoms with Gasteiger partial charge < -0.3 is 14.1 Å². The Morgan fingerprint density at radius 3 is 2.69 bits per heavy atom. The standard InChI is InChI=1S/C21H25NO4/c1-3-17-14-25-12-11-22(17)20(23)19-15(2)13-18(26-21(19)24)10-9-16-7-5-4-6-8-16/h4-8,13,17H,3,9-12,14H2,1-2H3/t17-/m0/s1. The Kier molecular flexibility index (Phi) is 5.89. The van der Waals surface area contributed by atoms with Crippen LogP contribution >= 0.6 is 0 Å². The van der Waals surface area contributed by atoms with Crippen LogP contribution in [0.25, 0.3) is 0 Å². The molecule has 0 spiro atoms. The Morgan fingerprint density at radius 2 is 2.00 bits per heavy atom.